The molecule has 0 aliphatic carbocycles. The van der Waals surface area contributed by atoms with E-state index < -0.39 is 0 Å². The lowest BCUT2D eigenvalue weighted by Crippen LogP contribution is -2.46. The zero-order chi connectivity index (χ0) is 12.0. The number of Topliss-reactive ketones (excluding diaryl/α,β-unsaturated/α-hetero) is 1. The number of carbonyl (C=O) groups excluding carboxylic acids is 1. The normalized spacial score (nSPS) is 13.9. The third kappa shape index (κ3) is 6.63. The molecule has 0 spiro atoms. The van der Waals surface area contributed by atoms with Crippen molar-refractivity contribution in [2.75, 3.05) is 6.61 Å². The Morgan fingerprint density at radius 2 is 1.67 bits per heavy atom. The number of hydrogen-bond donors (Lipinski definition) is 1. The van der Waals surface area contributed by atoms with Crippen LogP contribution in [-0.2, 0) is 9.53 Å². The van der Waals surface area contributed by atoms with E-state index in [1.807, 2.05) is 41.5 Å². The summed E-state index contributed by atoms with van der Waals surface area (Å²) in [7, 11) is 0. The van der Waals surface area contributed by atoms with Crippen LogP contribution in [0.15, 0.2) is 0 Å². The molecule has 3 nitrogen and oxygen atoms in total. The van der Waals surface area contributed by atoms with Crippen LogP contribution >= 0.6 is 0 Å². The Hall–Kier alpha value is -0.410. The lowest BCUT2D eigenvalue weighted by atomic mass is 10.0. The van der Waals surface area contributed by atoms with E-state index in [1.165, 1.54) is 0 Å². The highest BCUT2D eigenvalue weighted by atomic mass is 16.5. The lowest BCUT2D eigenvalue weighted by Gasteiger charge is -2.22. The van der Waals surface area contributed by atoms with Gasteiger partial charge < -0.3 is 10.1 Å². The highest BCUT2D eigenvalue weighted by Crippen LogP contribution is 2.03. The summed E-state index contributed by atoms with van der Waals surface area (Å²) in [6, 6.07) is 0.126. The molecule has 3 heteroatoms. The molecular formula is C12H25NO2. The van der Waals surface area contributed by atoms with E-state index in [4.69, 9.17) is 4.74 Å². The molecule has 0 aliphatic heterocycles. The van der Waals surface area contributed by atoms with E-state index in [0.29, 0.717) is 12.6 Å². The highest BCUT2D eigenvalue weighted by molar-refractivity contribution is 5.85. The molecular weight excluding hydrogens is 190 g/mol. The first kappa shape index (κ1) is 14.6. The molecule has 90 valence electrons. The summed E-state index contributed by atoms with van der Waals surface area (Å²) in [4.78, 5) is 11.8. The fourth-order valence-electron chi connectivity index (χ4n) is 1.31. The van der Waals surface area contributed by atoms with Crippen LogP contribution < -0.4 is 5.32 Å². The largest absolute Gasteiger partial charge is 0.377 e. The number of hydrogen-bond acceptors (Lipinski definition) is 3. The fraction of sp³-hybridized carbons (Fsp3) is 0.917. The molecule has 0 aromatic carbocycles. The number of ketones is 1. The van der Waals surface area contributed by atoms with Gasteiger partial charge in [0, 0.05) is 12.0 Å². The Kier molecular flexibility index (Phi) is 6.77. The number of rotatable bonds is 7. The first-order valence-electron chi connectivity index (χ1n) is 5.76. The maximum Gasteiger partial charge on any atom is 0.154 e. The third-order valence-electron chi connectivity index (χ3n) is 2.04. The Balaban J connectivity index is 4.24. The lowest BCUT2D eigenvalue weighted by molar-refractivity contribution is -0.126. The van der Waals surface area contributed by atoms with Crippen molar-refractivity contribution in [2.24, 2.45) is 5.92 Å². The van der Waals surface area contributed by atoms with Crippen molar-refractivity contribution in [3.8, 4) is 0 Å². The van der Waals surface area contributed by atoms with Gasteiger partial charge in [-0.1, -0.05) is 27.7 Å². The number of nitrogens with one attached hydrogen (secondary N) is 1. The van der Waals surface area contributed by atoms with Gasteiger partial charge in [0.2, 0.25) is 0 Å². The zero-order valence-corrected chi connectivity index (χ0v) is 10.8. The van der Waals surface area contributed by atoms with Crippen LogP contribution in [0.1, 0.15) is 41.5 Å². The molecule has 0 amide bonds. The molecule has 1 N–H and O–H groups in total. The Morgan fingerprint density at radius 1 is 1.13 bits per heavy atom. The van der Waals surface area contributed by atoms with Gasteiger partial charge >= 0.3 is 0 Å². The van der Waals surface area contributed by atoms with E-state index in [0.717, 1.165) is 0 Å². The average molecular weight is 215 g/mol. The maximum atomic E-state index is 11.8. The summed E-state index contributed by atoms with van der Waals surface area (Å²) >= 11 is 0. The van der Waals surface area contributed by atoms with Gasteiger partial charge in [-0.25, -0.2) is 0 Å². The molecule has 1 unspecified atom stereocenters. The van der Waals surface area contributed by atoms with Gasteiger partial charge in [-0.2, -0.15) is 0 Å². The van der Waals surface area contributed by atoms with Crippen molar-refractivity contribution in [2.45, 2.75) is 59.7 Å². The van der Waals surface area contributed by atoms with Gasteiger partial charge in [-0.05, 0) is 13.8 Å². The van der Waals surface area contributed by atoms with Gasteiger partial charge in [0.1, 0.15) is 0 Å². The van der Waals surface area contributed by atoms with Gasteiger partial charge in [0.05, 0.1) is 18.8 Å². The second-order valence-corrected chi connectivity index (χ2v) is 4.81. The van der Waals surface area contributed by atoms with Crippen LogP contribution in [-0.4, -0.2) is 30.6 Å². The van der Waals surface area contributed by atoms with Crippen LogP contribution in [0, 0.1) is 5.92 Å². The Morgan fingerprint density at radius 3 is 2.00 bits per heavy atom. The SMILES string of the molecule is CC(C)NC(COC(C)C)C(=O)C(C)C. The molecule has 0 aliphatic rings. The van der Waals surface area contributed by atoms with Crippen molar-refractivity contribution >= 4 is 5.78 Å². The quantitative estimate of drug-likeness (QED) is 0.706. The summed E-state index contributed by atoms with van der Waals surface area (Å²) in [5.74, 6) is 0.279. The number of carbonyl (C=O) groups is 1. The van der Waals surface area contributed by atoms with E-state index in [1.54, 1.807) is 0 Å². The maximum absolute atomic E-state index is 11.8. The van der Waals surface area contributed by atoms with E-state index >= 15 is 0 Å². The van der Waals surface area contributed by atoms with Gasteiger partial charge in [0.15, 0.2) is 5.78 Å². The Labute approximate surface area is 93.6 Å². The van der Waals surface area contributed by atoms with E-state index in [2.05, 4.69) is 5.32 Å². The van der Waals surface area contributed by atoms with Crippen LogP contribution in [0.5, 0.6) is 0 Å². The molecule has 0 aromatic rings. The smallest absolute Gasteiger partial charge is 0.154 e. The molecule has 1 atom stereocenters. The van der Waals surface area contributed by atoms with Crippen molar-refractivity contribution in [1.82, 2.24) is 5.32 Å². The fourth-order valence-corrected chi connectivity index (χ4v) is 1.31. The van der Waals surface area contributed by atoms with Gasteiger partial charge in [-0.3, -0.25) is 4.79 Å². The predicted octanol–water partition coefficient (Wildman–Crippen LogP) is 2.00. The van der Waals surface area contributed by atoms with E-state index in [9.17, 15) is 4.79 Å². The topological polar surface area (TPSA) is 38.3 Å². The second kappa shape index (κ2) is 6.96. The first-order chi connectivity index (χ1) is 6.84. The van der Waals surface area contributed by atoms with Gasteiger partial charge in [0.25, 0.3) is 0 Å². The molecule has 0 saturated heterocycles. The first-order valence-corrected chi connectivity index (χ1v) is 5.76. The summed E-state index contributed by atoms with van der Waals surface area (Å²) in [5, 5.41) is 3.24. The summed E-state index contributed by atoms with van der Waals surface area (Å²) < 4.78 is 5.49. The minimum atomic E-state index is -0.174. The summed E-state index contributed by atoms with van der Waals surface area (Å²) in [6.45, 7) is 12.3. The predicted molar refractivity (Wildman–Crippen MR) is 63.0 cm³/mol. The van der Waals surface area contributed by atoms with Crippen molar-refractivity contribution in [3.05, 3.63) is 0 Å². The van der Waals surface area contributed by atoms with E-state index in [-0.39, 0.29) is 23.8 Å². The van der Waals surface area contributed by atoms with Crippen LogP contribution in [0.3, 0.4) is 0 Å². The molecule has 0 fully saturated rings. The van der Waals surface area contributed by atoms with Crippen molar-refractivity contribution in [1.29, 1.82) is 0 Å². The molecule has 15 heavy (non-hydrogen) atoms. The van der Waals surface area contributed by atoms with Crippen LogP contribution in [0.2, 0.25) is 0 Å². The van der Waals surface area contributed by atoms with Crippen LogP contribution in [0.25, 0.3) is 0 Å². The monoisotopic (exact) mass is 215 g/mol. The van der Waals surface area contributed by atoms with Crippen molar-refractivity contribution < 1.29 is 9.53 Å². The standard InChI is InChI=1S/C12H25NO2/c1-8(2)12(14)11(13-9(3)4)7-15-10(5)6/h8-11,13H,7H2,1-6H3. The third-order valence-corrected chi connectivity index (χ3v) is 2.04. The summed E-state index contributed by atoms with van der Waals surface area (Å²) in [6.07, 6.45) is 0.168. The minimum Gasteiger partial charge on any atom is -0.377 e. The molecule has 0 aromatic heterocycles. The zero-order valence-electron chi connectivity index (χ0n) is 10.8. The Bertz CT molecular complexity index is 188. The molecule has 0 bridgehead atoms. The van der Waals surface area contributed by atoms with Crippen molar-refractivity contribution in [3.63, 3.8) is 0 Å². The average Bonchev–Trinajstić information content (AvgIpc) is 2.10. The second-order valence-electron chi connectivity index (χ2n) is 4.81. The molecule has 0 heterocycles. The molecule has 0 radical (unpaired) electrons. The minimum absolute atomic E-state index is 0.0528. The summed E-state index contributed by atoms with van der Waals surface area (Å²) in [5.41, 5.74) is 0. The number of ether oxygens (including phenoxy) is 1. The molecule has 0 rings (SSSR count). The van der Waals surface area contributed by atoms with Gasteiger partial charge in [-0.15, -0.1) is 0 Å². The highest BCUT2D eigenvalue weighted by Gasteiger charge is 2.22. The van der Waals surface area contributed by atoms with Crippen LogP contribution in [0.4, 0.5) is 0 Å². The molecule has 0 saturated carbocycles.